The number of piperazine rings is 1. The molecule has 0 saturated carbocycles. The Balaban J connectivity index is 1.42. The highest BCUT2D eigenvalue weighted by molar-refractivity contribution is 5.79. The number of fused-ring (bicyclic) bond motifs is 1. The molecule has 0 N–H and O–H groups in total. The molecular weight excluding hydrogens is 404 g/mol. The van der Waals surface area contributed by atoms with Crippen LogP contribution in [0, 0.1) is 0 Å². The predicted octanol–water partition coefficient (Wildman–Crippen LogP) is 1.19. The van der Waals surface area contributed by atoms with Crippen LogP contribution in [0.15, 0.2) is 30.3 Å². The summed E-state index contributed by atoms with van der Waals surface area (Å²) in [5.41, 5.74) is 3.28. The highest BCUT2D eigenvalue weighted by Gasteiger charge is 2.30. The highest BCUT2D eigenvalue weighted by atomic mass is 16.5. The average molecular weight is 437 g/mol. The summed E-state index contributed by atoms with van der Waals surface area (Å²) in [5, 5.41) is 0. The Hall–Kier alpha value is -2.71. The smallest absolute Gasteiger partial charge is 0.227 e. The van der Waals surface area contributed by atoms with Gasteiger partial charge in [0, 0.05) is 57.8 Å². The molecule has 8 heteroatoms. The number of likely N-dealkylation sites (N-methyl/N-ethyl adjacent to an activating group) is 1. The van der Waals surface area contributed by atoms with Crippen molar-refractivity contribution in [3.05, 3.63) is 47.2 Å². The largest absolute Gasteiger partial charge is 0.378 e. The van der Waals surface area contributed by atoms with Gasteiger partial charge in [-0.05, 0) is 12.6 Å². The third-order valence-corrected chi connectivity index (χ3v) is 6.67. The fourth-order valence-corrected chi connectivity index (χ4v) is 4.66. The van der Waals surface area contributed by atoms with Gasteiger partial charge in [0.15, 0.2) is 0 Å². The van der Waals surface area contributed by atoms with Gasteiger partial charge in [-0.3, -0.25) is 4.79 Å². The van der Waals surface area contributed by atoms with Gasteiger partial charge < -0.3 is 24.3 Å². The maximum Gasteiger partial charge on any atom is 0.227 e. The molecule has 5 rings (SSSR count). The van der Waals surface area contributed by atoms with Crippen molar-refractivity contribution in [2.45, 2.75) is 19.4 Å². The molecule has 170 valence electrons. The minimum Gasteiger partial charge on any atom is -0.378 e. The second-order valence-corrected chi connectivity index (χ2v) is 8.89. The van der Waals surface area contributed by atoms with E-state index in [1.54, 1.807) is 0 Å². The number of hydrogen-bond acceptors (Lipinski definition) is 7. The van der Waals surface area contributed by atoms with Crippen molar-refractivity contribution in [1.29, 1.82) is 0 Å². The van der Waals surface area contributed by atoms with E-state index >= 15 is 0 Å². The van der Waals surface area contributed by atoms with Crippen LogP contribution in [0.4, 0.5) is 11.8 Å². The first kappa shape index (κ1) is 21.2. The fourth-order valence-electron chi connectivity index (χ4n) is 4.66. The van der Waals surface area contributed by atoms with Gasteiger partial charge in [0.2, 0.25) is 11.9 Å². The molecule has 2 saturated heterocycles. The number of amides is 1. The number of aromatic nitrogens is 2. The molecule has 1 aromatic heterocycles. The van der Waals surface area contributed by atoms with Crippen molar-refractivity contribution in [3.8, 4) is 0 Å². The maximum atomic E-state index is 13.1. The summed E-state index contributed by atoms with van der Waals surface area (Å²) in [5.74, 6) is 2.00. The number of benzene rings is 1. The second kappa shape index (κ2) is 9.42. The first-order valence-electron chi connectivity index (χ1n) is 11.6. The summed E-state index contributed by atoms with van der Waals surface area (Å²) in [6.07, 6.45) is 1.21. The van der Waals surface area contributed by atoms with Crippen LogP contribution in [0.1, 0.15) is 16.8 Å². The molecule has 4 heterocycles. The van der Waals surface area contributed by atoms with Crippen LogP contribution in [0.3, 0.4) is 0 Å². The van der Waals surface area contributed by atoms with E-state index in [4.69, 9.17) is 14.7 Å². The molecule has 2 aromatic rings. The topological polar surface area (TPSA) is 65.0 Å². The van der Waals surface area contributed by atoms with Gasteiger partial charge in [-0.2, -0.15) is 4.98 Å². The first-order valence-corrected chi connectivity index (χ1v) is 11.6. The minimum absolute atomic E-state index is 0.170. The van der Waals surface area contributed by atoms with Crippen LogP contribution >= 0.6 is 0 Å². The van der Waals surface area contributed by atoms with Crippen LogP contribution < -0.4 is 9.80 Å². The molecular formula is C24H32N6O2. The van der Waals surface area contributed by atoms with E-state index in [0.29, 0.717) is 32.7 Å². The molecule has 0 radical (unpaired) electrons. The zero-order valence-corrected chi connectivity index (χ0v) is 18.9. The lowest BCUT2D eigenvalue weighted by Gasteiger charge is -2.38. The standard InChI is InChI=1S/C24H32N6O2/c1-27-9-11-28(12-10-27)23-20-18-30(22(31)17-19-5-3-2-4-6-19)8-7-21(20)25-24(26-23)29-13-15-32-16-14-29/h2-6H,7-18H2,1H3. The van der Waals surface area contributed by atoms with Crippen molar-refractivity contribution in [2.75, 3.05) is 75.9 Å². The molecule has 0 bridgehead atoms. The summed E-state index contributed by atoms with van der Waals surface area (Å²) in [6.45, 7) is 8.29. The molecule has 1 amide bonds. The van der Waals surface area contributed by atoms with E-state index in [9.17, 15) is 4.79 Å². The predicted molar refractivity (Wildman–Crippen MR) is 124 cm³/mol. The molecule has 0 spiro atoms. The Labute approximate surface area is 189 Å². The molecule has 0 unspecified atom stereocenters. The van der Waals surface area contributed by atoms with E-state index in [-0.39, 0.29) is 5.91 Å². The third kappa shape index (κ3) is 4.56. The maximum absolute atomic E-state index is 13.1. The van der Waals surface area contributed by atoms with Gasteiger partial charge >= 0.3 is 0 Å². The van der Waals surface area contributed by atoms with Crippen molar-refractivity contribution in [1.82, 2.24) is 19.8 Å². The van der Waals surface area contributed by atoms with Crippen LogP contribution in [0.25, 0.3) is 0 Å². The number of carbonyl (C=O) groups is 1. The third-order valence-electron chi connectivity index (χ3n) is 6.67. The number of morpholine rings is 1. The van der Waals surface area contributed by atoms with Gasteiger partial charge in [0.25, 0.3) is 0 Å². The fraction of sp³-hybridized carbons (Fsp3) is 0.542. The van der Waals surface area contributed by atoms with Gasteiger partial charge in [-0.15, -0.1) is 0 Å². The highest BCUT2D eigenvalue weighted by Crippen LogP contribution is 2.30. The SMILES string of the molecule is CN1CCN(c2nc(N3CCOCC3)nc3c2CN(C(=O)Cc2ccccc2)CC3)CC1. The second-order valence-electron chi connectivity index (χ2n) is 8.89. The minimum atomic E-state index is 0.170. The zero-order valence-electron chi connectivity index (χ0n) is 18.9. The molecule has 3 aliphatic heterocycles. The molecule has 0 aliphatic carbocycles. The molecule has 0 atom stereocenters. The Morgan fingerprint density at radius 1 is 0.938 bits per heavy atom. The van der Waals surface area contributed by atoms with Gasteiger partial charge in [0.1, 0.15) is 5.82 Å². The Kier molecular flexibility index (Phi) is 6.23. The van der Waals surface area contributed by atoms with Crippen LogP contribution in [-0.2, 0) is 28.9 Å². The zero-order chi connectivity index (χ0) is 21.9. The number of anilines is 2. The summed E-state index contributed by atoms with van der Waals surface area (Å²) >= 11 is 0. The molecule has 1 aromatic carbocycles. The van der Waals surface area contributed by atoms with Gasteiger partial charge in [-0.1, -0.05) is 30.3 Å². The van der Waals surface area contributed by atoms with Crippen molar-refractivity contribution in [3.63, 3.8) is 0 Å². The van der Waals surface area contributed by atoms with Crippen LogP contribution in [0.5, 0.6) is 0 Å². The van der Waals surface area contributed by atoms with Crippen molar-refractivity contribution in [2.24, 2.45) is 0 Å². The molecule has 3 aliphatic rings. The monoisotopic (exact) mass is 436 g/mol. The van der Waals surface area contributed by atoms with Crippen LogP contribution in [-0.4, -0.2) is 91.7 Å². The van der Waals surface area contributed by atoms with E-state index in [2.05, 4.69) is 21.7 Å². The lowest BCUT2D eigenvalue weighted by Crippen LogP contribution is -2.47. The normalized spacial score (nSPS) is 19.7. The number of rotatable bonds is 4. The number of carbonyl (C=O) groups excluding carboxylic acids is 1. The molecule has 32 heavy (non-hydrogen) atoms. The van der Waals surface area contributed by atoms with Crippen molar-refractivity contribution < 1.29 is 9.53 Å². The lowest BCUT2D eigenvalue weighted by atomic mass is 10.0. The van der Waals surface area contributed by atoms with E-state index < -0.39 is 0 Å². The Morgan fingerprint density at radius 2 is 1.69 bits per heavy atom. The Morgan fingerprint density at radius 3 is 2.44 bits per heavy atom. The van der Waals surface area contributed by atoms with E-state index in [1.165, 1.54) is 0 Å². The van der Waals surface area contributed by atoms with E-state index in [0.717, 1.165) is 74.3 Å². The summed E-state index contributed by atoms with van der Waals surface area (Å²) in [7, 11) is 2.16. The van der Waals surface area contributed by atoms with E-state index in [1.807, 2.05) is 35.2 Å². The lowest BCUT2D eigenvalue weighted by molar-refractivity contribution is -0.131. The number of ether oxygens (including phenoxy) is 1. The summed E-state index contributed by atoms with van der Waals surface area (Å²) in [6, 6.07) is 9.99. The first-order chi connectivity index (χ1) is 15.7. The van der Waals surface area contributed by atoms with Crippen LogP contribution in [0.2, 0.25) is 0 Å². The number of hydrogen-bond donors (Lipinski definition) is 0. The van der Waals surface area contributed by atoms with Gasteiger partial charge in [0.05, 0.1) is 31.9 Å². The quantitative estimate of drug-likeness (QED) is 0.713. The Bertz CT molecular complexity index is 939. The summed E-state index contributed by atoms with van der Waals surface area (Å²) < 4.78 is 5.52. The van der Waals surface area contributed by atoms with Crippen molar-refractivity contribution >= 4 is 17.7 Å². The van der Waals surface area contributed by atoms with Gasteiger partial charge in [-0.25, -0.2) is 4.98 Å². The summed E-state index contributed by atoms with van der Waals surface area (Å²) in [4.78, 5) is 32.0. The molecule has 2 fully saturated rings. The average Bonchev–Trinajstić information content (AvgIpc) is 2.85. The molecule has 8 nitrogen and oxygen atoms in total. The number of nitrogens with zero attached hydrogens (tertiary/aromatic N) is 6.